The van der Waals surface area contributed by atoms with Crippen LogP contribution in [0.3, 0.4) is 0 Å². The van der Waals surface area contributed by atoms with Crippen LogP contribution in [0.25, 0.3) is 0 Å². The Morgan fingerprint density at radius 3 is 1.50 bits per heavy atom. The predicted octanol–water partition coefficient (Wildman–Crippen LogP) is 3.79. The molecule has 0 atom stereocenters. The van der Waals surface area contributed by atoms with Gasteiger partial charge in [0.25, 0.3) is 0 Å². The van der Waals surface area contributed by atoms with Crippen molar-refractivity contribution in [2.24, 2.45) is 0 Å². The van der Waals surface area contributed by atoms with Crippen molar-refractivity contribution in [1.82, 2.24) is 0 Å². The van der Waals surface area contributed by atoms with Gasteiger partial charge in [-0.25, -0.2) is 0 Å². The topological polar surface area (TPSA) is 18.5 Å². The highest BCUT2D eigenvalue weighted by atomic mass is 32.1. The summed E-state index contributed by atoms with van der Waals surface area (Å²) in [6.07, 6.45) is 1.67. The average Bonchev–Trinajstić information content (AvgIpc) is 2.49. The minimum atomic E-state index is 0.233. The summed E-state index contributed by atoms with van der Waals surface area (Å²) in [7, 11) is 0. The van der Waals surface area contributed by atoms with Gasteiger partial charge in [0.1, 0.15) is 0 Å². The molecule has 0 saturated carbocycles. The van der Waals surface area contributed by atoms with Gasteiger partial charge >= 0.3 is 5.24 Å². The van der Waals surface area contributed by atoms with E-state index >= 15 is 0 Å². The van der Waals surface area contributed by atoms with Crippen molar-refractivity contribution in [2.45, 2.75) is 12.8 Å². The van der Waals surface area contributed by atoms with Crippen molar-refractivity contribution in [2.75, 3.05) is 13.2 Å². The van der Waals surface area contributed by atoms with Gasteiger partial charge in [0.2, 0.25) is 0 Å². The Balaban J connectivity index is 1.59. The first-order valence-corrected chi connectivity index (χ1v) is 7.13. The maximum Gasteiger partial charge on any atom is 0.352 e. The summed E-state index contributed by atoms with van der Waals surface area (Å²) in [5, 5.41) is 0.233. The van der Waals surface area contributed by atoms with E-state index in [9.17, 15) is 0 Å². The largest absolute Gasteiger partial charge is 0.457 e. The molecule has 0 aliphatic heterocycles. The molecule has 20 heavy (non-hydrogen) atoms. The quantitative estimate of drug-likeness (QED) is 0.753. The van der Waals surface area contributed by atoms with Crippen LogP contribution in [0.5, 0.6) is 0 Å². The zero-order valence-electron chi connectivity index (χ0n) is 11.3. The summed E-state index contributed by atoms with van der Waals surface area (Å²) in [4.78, 5) is 0. The molecule has 104 valence electrons. The van der Waals surface area contributed by atoms with E-state index < -0.39 is 0 Å². The molecule has 2 aromatic rings. The maximum atomic E-state index is 5.39. The summed E-state index contributed by atoms with van der Waals surface area (Å²) < 4.78 is 10.8. The van der Waals surface area contributed by atoms with Crippen molar-refractivity contribution in [1.29, 1.82) is 0 Å². The zero-order chi connectivity index (χ0) is 14.0. The fourth-order valence-corrected chi connectivity index (χ4v) is 2.00. The van der Waals surface area contributed by atoms with E-state index in [1.54, 1.807) is 0 Å². The monoisotopic (exact) mass is 286 g/mol. The minimum Gasteiger partial charge on any atom is -0.457 e. The Labute approximate surface area is 125 Å². The lowest BCUT2D eigenvalue weighted by Crippen LogP contribution is -2.11. The summed E-state index contributed by atoms with van der Waals surface area (Å²) in [5.74, 6) is 0. The van der Waals surface area contributed by atoms with Gasteiger partial charge in [-0.2, -0.15) is 0 Å². The Bertz CT molecular complexity index is 464. The molecule has 0 spiro atoms. The Morgan fingerprint density at radius 2 is 1.10 bits per heavy atom. The first kappa shape index (κ1) is 14.5. The second kappa shape index (κ2) is 8.33. The molecule has 0 heterocycles. The molecule has 3 heteroatoms. The van der Waals surface area contributed by atoms with Crippen LogP contribution in [0, 0.1) is 0 Å². The van der Waals surface area contributed by atoms with Crippen molar-refractivity contribution in [3.63, 3.8) is 0 Å². The highest BCUT2D eigenvalue weighted by molar-refractivity contribution is 7.79. The van der Waals surface area contributed by atoms with Gasteiger partial charge in [-0.3, -0.25) is 0 Å². The number of thiocarbonyl (C=S) groups is 1. The predicted molar refractivity (Wildman–Crippen MR) is 84.8 cm³/mol. The number of hydrogen-bond donors (Lipinski definition) is 0. The Morgan fingerprint density at radius 1 is 0.700 bits per heavy atom. The van der Waals surface area contributed by atoms with Gasteiger partial charge in [-0.15, -0.1) is 0 Å². The zero-order valence-corrected chi connectivity index (χ0v) is 12.1. The SMILES string of the molecule is S=C(OCCc1ccccc1)OCCc1ccccc1. The molecule has 0 amide bonds. The lowest BCUT2D eigenvalue weighted by Gasteiger charge is -2.09. The van der Waals surface area contributed by atoms with Crippen LogP contribution in [-0.4, -0.2) is 18.5 Å². The van der Waals surface area contributed by atoms with Crippen LogP contribution >= 0.6 is 12.2 Å². The molecule has 2 rings (SSSR count). The highest BCUT2D eigenvalue weighted by Gasteiger charge is 2.00. The molecule has 0 unspecified atom stereocenters. The lowest BCUT2D eigenvalue weighted by molar-refractivity contribution is 0.181. The number of rotatable bonds is 6. The van der Waals surface area contributed by atoms with E-state index in [0.29, 0.717) is 13.2 Å². The smallest absolute Gasteiger partial charge is 0.352 e. The second-order valence-electron chi connectivity index (χ2n) is 4.42. The van der Waals surface area contributed by atoms with Crippen molar-refractivity contribution >= 4 is 17.5 Å². The Kier molecular flexibility index (Phi) is 6.06. The van der Waals surface area contributed by atoms with Crippen LogP contribution in [0.15, 0.2) is 60.7 Å². The Hall–Kier alpha value is -1.87. The van der Waals surface area contributed by atoms with Gasteiger partial charge in [0.05, 0.1) is 13.2 Å². The van der Waals surface area contributed by atoms with Crippen molar-refractivity contribution < 1.29 is 9.47 Å². The van der Waals surface area contributed by atoms with E-state index in [2.05, 4.69) is 24.3 Å². The van der Waals surface area contributed by atoms with Crippen LogP contribution in [0.4, 0.5) is 0 Å². The fraction of sp³-hybridized carbons (Fsp3) is 0.235. The van der Waals surface area contributed by atoms with Gasteiger partial charge in [-0.05, 0) is 11.1 Å². The molecule has 0 radical (unpaired) electrons. The van der Waals surface area contributed by atoms with Crippen LogP contribution in [0.2, 0.25) is 0 Å². The standard InChI is InChI=1S/C17H18O2S/c20-17(18-13-11-15-7-3-1-4-8-15)19-14-12-16-9-5-2-6-10-16/h1-10H,11-14H2. The van der Waals surface area contributed by atoms with Crippen molar-refractivity contribution in [3.8, 4) is 0 Å². The molecule has 2 nitrogen and oxygen atoms in total. The molecule has 0 saturated heterocycles. The van der Waals surface area contributed by atoms with Gasteiger partial charge < -0.3 is 9.47 Å². The molecular formula is C17H18O2S. The average molecular weight is 286 g/mol. The molecule has 0 aliphatic carbocycles. The van der Waals surface area contributed by atoms with E-state index in [0.717, 1.165) is 12.8 Å². The highest BCUT2D eigenvalue weighted by Crippen LogP contribution is 2.02. The number of benzene rings is 2. The number of ether oxygens (including phenoxy) is 2. The van der Waals surface area contributed by atoms with E-state index in [1.165, 1.54) is 11.1 Å². The second-order valence-corrected chi connectivity index (χ2v) is 4.75. The van der Waals surface area contributed by atoms with Gasteiger partial charge in [0.15, 0.2) is 0 Å². The van der Waals surface area contributed by atoms with E-state index in [4.69, 9.17) is 21.7 Å². The number of hydrogen-bond acceptors (Lipinski definition) is 3. The van der Waals surface area contributed by atoms with Crippen LogP contribution in [-0.2, 0) is 22.3 Å². The lowest BCUT2D eigenvalue weighted by atomic mass is 10.2. The third-order valence-electron chi connectivity index (χ3n) is 2.91. The molecule has 0 bridgehead atoms. The molecule has 0 aromatic heterocycles. The first-order chi connectivity index (χ1) is 9.84. The third-order valence-corrected chi connectivity index (χ3v) is 3.14. The molecule has 2 aromatic carbocycles. The normalized spacial score (nSPS) is 10.0. The maximum absolute atomic E-state index is 5.39. The summed E-state index contributed by atoms with van der Waals surface area (Å²) in [6, 6.07) is 20.4. The van der Waals surface area contributed by atoms with Crippen molar-refractivity contribution in [3.05, 3.63) is 71.8 Å². The van der Waals surface area contributed by atoms with Gasteiger partial charge in [-0.1, -0.05) is 60.7 Å². The molecular weight excluding hydrogens is 268 g/mol. The first-order valence-electron chi connectivity index (χ1n) is 6.72. The van der Waals surface area contributed by atoms with Gasteiger partial charge in [0, 0.05) is 25.1 Å². The molecule has 0 fully saturated rings. The third kappa shape index (κ3) is 5.41. The minimum absolute atomic E-state index is 0.233. The van der Waals surface area contributed by atoms with Crippen LogP contribution in [0.1, 0.15) is 11.1 Å². The molecule has 0 aliphatic rings. The van der Waals surface area contributed by atoms with E-state index in [-0.39, 0.29) is 5.24 Å². The van der Waals surface area contributed by atoms with Crippen LogP contribution < -0.4 is 0 Å². The summed E-state index contributed by atoms with van der Waals surface area (Å²) >= 11 is 5.04. The molecule has 0 N–H and O–H groups in total. The summed E-state index contributed by atoms with van der Waals surface area (Å²) in [6.45, 7) is 1.10. The summed E-state index contributed by atoms with van der Waals surface area (Å²) in [5.41, 5.74) is 2.47. The fourth-order valence-electron chi connectivity index (χ4n) is 1.84. The van der Waals surface area contributed by atoms with E-state index in [1.807, 2.05) is 36.4 Å².